The van der Waals surface area contributed by atoms with Gasteiger partial charge in [0.15, 0.2) is 5.65 Å². The molecule has 0 spiro atoms. The van der Waals surface area contributed by atoms with Crippen molar-refractivity contribution in [1.82, 2.24) is 19.7 Å². The molecule has 5 heteroatoms. The molecule has 0 radical (unpaired) electrons. The van der Waals surface area contributed by atoms with E-state index in [1.54, 1.807) is 0 Å². The summed E-state index contributed by atoms with van der Waals surface area (Å²) in [5.74, 6) is 0. The van der Waals surface area contributed by atoms with Crippen LogP contribution >= 0.6 is 12.2 Å². The van der Waals surface area contributed by atoms with Crippen molar-refractivity contribution in [1.29, 1.82) is 0 Å². The number of benzene rings is 2. The number of aromatic nitrogens is 4. The lowest BCUT2D eigenvalue weighted by atomic mass is 9.86. The van der Waals surface area contributed by atoms with Crippen molar-refractivity contribution in [2.45, 2.75) is 32.7 Å². The van der Waals surface area contributed by atoms with Gasteiger partial charge in [-0.1, -0.05) is 57.2 Å². The number of hydrogen-bond donors (Lipinski definition) is 1. The maximum atomic E-state index is 5.21. The van der Waals surface area contributed by atoms with Gasteiger partial charge in [-0.3, -0.25) is 5.10 Å². The van der Waals surface area contributed by atoms with Crippen molar-refractivity contribution in [3.63, 3.8) is 0 Å². The minimum Gasteiger partial charge on any atom is -0.319 e. The van der Waals surface area contributed by atoms with Crippen molar-refractivity contribution in [2.75, 3.05) is 0 Å². The zero-order chi connectivity index (χ0) is 17.6. The molecule has 4 nitrogen and oxygen atoms in total. The molecule has 2 aromatic carbocycles. The van der Waals surface area contributed by atoms with E-state index in [0.717, 1.165) is 28.6 Å². The fourth-order valence-corrected chi connectivity index (χ4v) is 3.30. The maximum absolute atomic E-state index is 5.21. The first-order chi connectivity index (χ1) is 11.9. The highest BCUT2D eigenvalue weighted by Gasteiger charge is 2.18. The molecule has 0 aliphatic rings. The van der Waals surface area contributed by atoms with Crippen LogP contribution in [-0.2, 0) is 12.0 Å². The zero-order valence-electron chi connectivity index (χ0n) is 14.6. The van der Waals surface area contributed by atoms with E-state index in [2.05, 4.69) is 83.0 Å². The summed E-state index contributed by atoms with van der Waals surface area (Å²) in [5, 5.41) is 8.43. The fraction of sp³-hybridized carbons (Fsp3) is 0.250. The van der Waals surface area contributed by atoms with E-state index in [9.17, 15) is 0 Å². The number of fused-ring (bicyclic) bond motifs is 3. The largest absolute Gasteiger partial charge is 0.319 e. The average molecular weight is 348 g/mol. The Morgan fingerprint density at radius 3 is 2.56 bits per heavy atom. The van der Waals surface area contributed by atoms with Crippen LogP contribution in [0.15, 0.2) is 48.5 Å². The van der Waals surface area contributed by atoms with Crippen molar-refractivity contribution >= 4 is 34.3 Å². The Morgan fingerprint density at radius 2 is 1.84 bits per heavy atom. The van der Waals surface area contributed by atoms with Crippen LogP contribution in [0, 0.1) is 4.77 Å². The third-order valence-electron chi connectivity index (χ3n) is 4.53. The quantitative estimate of drug-likeness (QED) is 0.519. The molecular formula is C20H20N4S. The number of nitrogens with one attached hydrogen (secondary N) is 1. The molecule has 4 rings (SSSR count). The summed E-state index contributed by atoms with van der Waals surface area (Å²) in [6, 6.07) is 17.0. The molecule has 2 heterocycles. The molecule has 2 aromatic heterocycles. The van der Waals surface area contributed by atoms with Crippen LogP contribution in [0.25, 0.3) is 22.1 Å². The summed E-state index contributed by atoms with van der Waals surface area (Å²) in [7, 11) is 0. The Hall–Kier alpha value is -2.53. The minimum absolute atomic E-state index is 0.0805. The van der Waals surface area contributed by atoms with E-state index in [0.29, 0.717) is 4.77 Å². The molecule has 0 fully saturated rings. The van der Waals surface area contributed by atoms with E-state index < -0.39 is 0 Å². The second-order valence-corrected chi connectivity index (χ2v) is 7.75. The predicted molar refractivity (Wildman–Crippen MR) is 104 cm³/mol. The molecule has 0 amide bonds. The second kappa shape index (κ2) is 5.77. The number of nitrogens with zero attached hydrogens (tertiary/aromatic N) is 3. The summed E-state index contributed by atoms with van der Waals surface area (Å²) >= 11 is 5.21. The second-order valence-electron chi connectivity index (χ2n) is 7.37. The highest BCUT2D eigenvalue weighted by Crippen LogP contribution is 2.31. The lowest BCUT2D eigenvalue weighted by Crippen LogP contribution is -2.10. The summed E-state index contributed by atoms with van der Waals surface area (Å²) in [6.07, 6.45) is 0. The Balaban J connectivity index is 2.02. The van der Waals surface area contributed by atoms with Crippen molar-refractivity contribution < 1.29 is 0 Å². The van der Waals surface area contributed by atoms with Gasteiger partial charge in [0.2, 0.25) is 4.77 Å². The van der Waals surface area contributed by atoms with Crippen LogP contribution in [0.1, 0.15) is 31.9 Å². The van der Waals surface area contributed by atoms with Gasteiger partial charge in [-0.25, -0.2) is 0 Å². The van der Waals surface area contributed by atoms with Gasteiger partial charge in [0.05, 0.1) is 5.52 Å². The maximum Gasteiger partial charge on any atom is 0.215 e. The third-order valence-corrected chi connectivity index (χ3v) is 4.71. The summed E-state index contributed by atoms with van der Waals surface area (Å²) in [5.41, 5.74) is 5.40. The summed E-state index contributed by atoms with van der Waals surface area (Å²) in [4.78, 5) is 4.56. The molecule has 0 aliphatic carbocycles. The van der Waals surface area contributed by atoms with Crippen LogP contribution in [0.2, 0.25) is 0 Å². The molecule has 0 atom stereocenters. The van der Waals surface area contributed by atoms with Gasteiger partial charge in [0, 0.05) is 11.9 Å². The van der Waals surface area contributed by atoms with Gasteiger partial charge < -0.3 is 4.57 Å². The molecule has 126 valence electrons. The first-order valence-corrected chi connectivity index (χ1v) is 8.77. The Morgan fingerprint density at radius 1 is 1.08 bits per heavy atom. The van der Waals surface area contributed by atoms with Gasteiger partial charge in [-0.15, -0.1) is 0 Å². The van der Waals surface area contributed by atoms with Gasteiger partial charge >= 0.3 is 0 Å². The lowest BCUT2D eigenvalue weighted by molar-refractivity contribution is 0.591. The van der Waals surface area contributed by atoms with Gasteiger partial charge in [-0.2, -0.15) is 10.1 Å². The smallest absolute Gasteiger partial charge is 0.215 e. The van der Waals surface area contributed by atoms with Crippen LogP contribution in [0.4, 0.5) is 0 Å². The first kappa shape index (κ1) is 16.0. The zero-order valence-corrected chi connectivity index (χ0v) is 15.4. The molecule has 1 N–H and O–H groups in total. The van der Waals surface area contributed by atoms with E-state index in [1.807, 2.05) is 6.07 Å². The van der Waals surface area contributed by atoms with Crippen molar-refractivity contribution in [3.8, 4) is 0 Å². The number of hydrogen-bond acceptors (Lipinski definition) is 3. The van der Waals surface area contributed by atoms with E-state index in [4.69, 9.17) is 12.2 Å². The van der Waals surface area contributed by atoms with Crippen LogP contribution < -0.4 is 0 Å². The number of H-pyrrole nitrogens is 1. The predicted octanol–water partition coefficient (Wildman–Crippen LogP) is 4.99. The van der Waals surface area contributed by atoms with Crippen LogP contribution in [-0.4, -0.2) is 19.7 Å². The minimum atomic E-state index is 0.0805. The highest BCUT2D eigenvalue weighted by atomic mass is 32.1. The molecule has 25 heavy (non-hydrogen) atoms. The summed E-state index contributed by atoms with van der Waals surface area (Å²) in [6.45, 7) is 7.40. The molecular weight excluding hydrogens is 328 g/mol. The van der Waals surface area contributed by atoms with Gasteiger partial charge in [-0.05, 0) is 40.9 Å². The number of aromatic amines is 1. The summed E-state index contributed by atoms with van der Waals surface area (Å²) < 4.78 is 2.60. The Kier molecular flexibility index (Phi) is 3.69. The lowest BCUT2D eigenvalue weighted by Gasteiger charge is -2.19. The molecule has 0 saturated heterocycles. The monoisotopic (exact) mass is 348 g/mol. The van der Waals surface area contributed by atoms with Crippen molar-refractivity contribution in [3.05, 3.63) is 64.4 Å². The topological polar surface area (TPSA) is 46.5 Å². The normalized spacial score (nSPS) is 12.1. The first-order valence-electron chi connectivity index (χ1n) is 8.36. The van der Waals surface area contributed by atoms with E-state index in [-0.39, 0.29) is 5.41 Å². The standard InChI is InChI=1S/C20H20N4S/c1-20(2,3)14-9-10-16-15(11-14)17-18(21-19(25)23-22-17)24(16)12-13-7-5-4-6-8-13/h4-11H,12H2,1-3H3,(H,21,23,25). The van der Waals surface area contributed by atoms with Crippen molar-refractivity contribution in [2.24, 2.45) is 0 Å². The molecule has 0 aliphatic heterocycles. The van der Waals surface area contributed by atoms with Gasteiger partial charge in [0.25, 0.3) is 0 Å². The Labute approximate surface area is 151 Å². The Bertz CT molecular complexity index is 1120. The molecule has 4 aromatic rings. The van der Waals surface area contributed by atoms with Gasteiger partial charge in [0.1, 0.15) is 5.52 Å². The SMILES string of the molecule is CC(C)(C)c1ccc2c(c1)c1n[nH]c(=S)nc1n2Cc1ccccc1. The molecule has 0 unspecified atom stereocenters. The van der Waals surface area contributed by atoms with Crippen LogP contribution in [0.5, 0.6) is 0 Å². The molecule has 0 saturated carbocycles. The highest BCUT2D eigenvalue weighted by molar-refractivity contribution is 7.71. The van der Waals surface area contributed by atoms with E-state index >= 15 is 0 Å². The third kappa shape index (κ3) is 2.85. The van der Waals surface area contributed by atoms with Crippen LogP contribution in [0.3, 0.4) is 0 Å². The fourth-order valence-electron chi connectivity index (χ4n) is 3.16. The average Bonchev–Trinajstić information content (AvgIpc) is 2.88. The number of rotatable bonds is 2. The molecule has 0 bridgehead atoms. The van der Waals surface area contributed by atoms with E-state index in [1.165, 1.54) is 11.1 Å².